The second kappa shape index (κ2) is 5.15. The monoisotopic (exact) mass is 244 g/mol. The molecular weight excluding hydrogens is 228 g/mol. The third-order valence-electron chi connectivity index (χ3n) is 3.00. The Morgan fingerprint density at radius 1 is 1.47 bits per heavy atom. The molecule has 96 valence electrons. The summed E-state index contributed by atoms with van der Waals surface area (Å²) in [5.74, 6) is -2.15. The fraction of sp³-hybridized carbons (Fsp3) is 0.600. The van der Waals surface area contributed by atoms with Crippen molar-refractivity contribution in [1.82, 2.24) is 4.90 Å². The summed E-state index contributed by atoms with van der Waals surface area (Å²) in [6.07, 6.45) is -0.240. The summed E-state index contributed by atoms with van der Waals surface area (Å²) in [4.78, 5) is 23.0. The van der Waals surface area contributed by atoms with Crippen LogP contribution in [0.15, 0.2) is 11.4 Å². The van der Waals surface area contributed by atoms with E-state index in [0.717, 1.165) is 0 Å². The molecule has 0 bridgehead atoms. The molecular formula is C10H16N2O5. The van der Waals surface area contributed by atoms with Crippen molar-refractivity contribution in [1.29, 1.82) is 0 Å². The van der Waals surface area contributed by atoms with Crippen molar-refractivity contribution in [3.8, 4) is 0 Å². The highest BCUT2D eigenvalue weighted by atomic mass is 16.5. The maximum absolute atomic E-state index is 11.5. The summed E-state index contributed by atoms with van der Waals surface area (Å²) < 4.78 is 0. The third-order valence-corrected chi connectivity index (χ3v) is 3.00. The number of hydrogen-bond acceptors (Lipinski definition) is 4. The third kappa shape index (κ3) is 2.95. The summed E-state index contributed by atoms with van der Waals surface area (Å²) >= 11 is 0. The topological polar surface area (TPSA) is 105 Å². The highest BCUT2D eigenvalue weighted by Crippen LogP contribution is 2.17. The minimum atomic E-state index is -1.10. The summed E-state index contributed by atoms with van der Waals surface area (Å²) in [7, 11) is 0. The van der Waals surface area contributed by atoms with Crippen LogP contribution in [0.3, 0.4) is 0 Å². The first kappa shape index (κ1) is 13.5. The van der Waals surface area contributed by atoms with E-state index in [1.54, 1.807) is 13.8 Å². The molecule has 1 aliphatic heterocycles. The van der Waals surface area contributed by atoms with Gasteiger partial charge in [0.15, 0.2) is 6.67 Å². The maximum atomic E-state index is 11.5. The lowest BCUT2D eigenvalue weighted by molar-refractivity contribution is -0.808. The predicted octanol–water partition coefficient (Wildman–Crippen LogP) is -0.788. The Morgan fingerprint density at radius 3 is 2.41 bits per heavy atom. The van der Waals surface area contributed by atoms with Crippen LogP contribution in [0.1, 0.15) is 26.7 Å². The van der Waals surface area contributed by atoms with Crippen molar-refractivity contribution in [3.63, 3.8) is 0 Å². The van der Waals surface area contributed by atoms with E-state index >= 15 is 0 Å². The molecule has 3 N–H and O–H groups in total. The summed E-state index contributed by atoms with van der Waals surface area (Å²) in [6.45, 7) is 3.35. The number of rotatable bonds is 5. The van der Waals surface area contributed by atoms with Gasteiger partial charge in [0.05, 0.1) is 5.70 Å². The van der Waals surface area contributed by atoms with Crippen LogP contribution in [0.25, 0.3) is 0 Å². The molecule has 0 aliphatic carbocycles. The Hall–Kier alpha value is -1.60. The van der Waals surface area contributed by atoms with Gasteiger partial charge in [-0.3, -0.25) is 4.79 Å². The Balaban J connectivity index is 2.80. The molecule has 0 aromatic heterocycles. The first-order chi connectivity index (χ1) is 7.84. The van der Waals surface area contributed by atoms with E-state index in [-0.39, 0.29) is 24.6 Å². The number of carbonyl (C=O) groups is 2. The van der Waals surface area contributed by atoms with Crippen molar-refractivity contribution >= 4 is 11.9 Å². The normalized spacial score (nSPS) is 21.8. The molecule has 0 saturated carbocycles. The molecule has 17 heavy (non-hydrogen) atoms. The minimum Gasteiger partial charge on any atom is -0.628 e. The quantitative estimate of drug-likeness (QED) is 0.547. The van der Waals surface area contributed by atoms with Gasteiger partial charge in [0.25, 0.3) is 0 Å². The number of hydrogen-bond donors (Lipinski definition) is 3. The number of carboxylic acid groups (broad SMARTS) is 2. The van der Waals surface area contributed by atoms with Gasteiger partial charge in [0.2, 0.25) is 0 Å². The lowest BCUT2D eigenvalue weighted by Crippen LogP contribution is -3.04. The largest absolute Gasteiger partial charge is 0.628 e. The molecule has 0 spiro atoms. The molecule has 0 aromatic rings. The van der Waals surface area contributed by atoms with Crippen molar-refractivity contribution < 1.29 is 24.9 Å². The Labute approximate surface area is 98.5 Å². The molecule has 0 saturated heterocycles. The van der Waals surface area contributed by atoms with E-state index < -0.39 is 18.0 Å². The SMILES string of the molecule is CC1=C(C)[NH+]([O-])CN1C(CCC(=O)O)C(=O)O. The second-order valence-corrected chi connectivity index (χ2v) is 4.05. The van der Waals surface area contributed by atoms with Crippen LogP contribution >= 0.6 is 0 Å². The number of nitrogens with zero attached hydrogens (tertiary/aromatic N) is 1. The molecule has 7 heteroatoms. The van der Waals surface area contributed by atoms with Crippen LogP contribution in [0.5, 0.6) is 0 Å². The maximum Gasteiger partial charge on any atom is 0.326 e. The smallest absolute Gasteiger partial charge is 0.326 e. The highest BCUT2D eigenvalue weighted by molar-refractivity contribution is 5.75. The Kier molecular flexibility index (Phi) is 4.08. The van der Waals surface area contributed by atoms with E-state index in [1.807, 2.05) is 0 Å². The van der Waals surface area contributed by atoms with Crippen LogP contribution in [0, 0.1) is 5.21 Å². The number of carboxylic acids is 2. The molecule has 0 amide bonds. The first-order valence-corrected chi connectivity index (χ1v) is 5.26. The van der Waals surface area contributed by atoms with Crippen molar-refractivity contribution in [2.75, 3.05) is 6.67 Å². The van der Waals surface area contributed by atoms with Crippen LogP contribution < -0.4 is 5.06 Å². The lowest BCUT2D eigenvalue weighted by atomic mass is 10.1. The number of allylic oxidation sites excluding steroid dienone is 2. The zero-order chi connectivity index (χ0) is 13.2. The molecule has 7 nitrogen and oxygen atoms in total. The fourth-order valence-corrected chi connectivity index (χ4v) is 1.83. The molecule has 1 rings (SSSR count). The zero-order valence-electron chi connectivity index (χ0n) is 9.77. The number of aliphatic carboxylic acids is 2. The van der Waals surface area contributed by atoms with E-state index in [0.29, 0.717) is 11.4 Å². The van der Waals surface area contributed by atoms with Gasteiger partial charge in [-0.2, -0.15) is 0 Å². The van der Waals surface area contributed by atoms with Gasteiger partial charge in [0, 0.05) is 13.3 Å². The molecule has 2 unspecified atom stereocenters. The van der Waals surface area contributed by atoms with Crippen LogP contribution in [-0.2, 0) is 9.59 Å². The van der Waals surface area contributed by atoms with E-state index in [2.05, 4.69) is 0 Å². The van der Waals surface area contributed by atoms with Gasteiger partial charge >= 0.3 is 11.9 Å². The Bertz CT molecular complexity index is 366. The summed E-state index contributed by atoms with van der Waals surface area (Å²) in [5.41, 5.74) is 1.17. The van der Waals surface area contributed by atoms with Gasteiger partial charge in [0.1, 0.15) is 11.7 Å². The minimum absolute atomic E-state index is 0.0113. The van der Waals surface area contributed by atoms with E-state index in [4.69, 9.17) is 10.2 Å². The Morgan fingerprint density at radius 2 is 2.06 bits per heavy atom. The van der Waals surface area contributed by atoms with Crippen LogP contribution in [-0.4, -0.2) is 39.8 Å². The average molecular weight is 244 g/mol. The number of quaternary nitrogens is 1. The molecule has 1 aliphatic rings. The van der Waals surface area contributed by atoms with Crippen molar-refractivity contribution in [2.45, 2.75) is 32.7 Å². The number of hydroxylamine groups is 2. The van der Waals surface area contributed by atoms with Gasteiger partial charge in [-0.25, -0.2) is 4.79 Å². The van der Waals surface area contributed by atoms with Crippen LogP contribution in [0.2, 0.25) is 0 Å². The van der Waals surface area contributed by atoms with Crippen LogP contribution in [0.4, 0.5) is 0 Å². The van der Waals surface area contributed by atoms with E-state index in [1.165, 1.54) is 4.90 Å². The molecule has 1 heterocycles. The molecule has 2 atom stereocenters. The lowest BCUT2D eigenvalue weighted by Gasteiger charge is -2.26. The highest BCUT2D eigenvalue weighted by Gasteiger charge is 2.33. The van der Waals surface area contributed by atoms with Gasteiger partial charge in [-0.05, 0) is 13.3 Å². The molecule has 0 radical (unpaired) electrons. The summed E-state index contributed by atoms with van der Waals surface area (Å²) in [5, 5.41) is 29.0. The predicted molar refractivity (Wildman–Crippen MR) is 57.7 cm³/mol. The molecule has 0 aromatic carbocycles. The van der Waals surface area contributed by atoms with Gasteiger partial charge in [-0.1, -0.05) is 0 Å². The van der Waals surface area contributed by atoms with Gasteiger partial charge < -0.3 is 25.4 Å². The van der Waals surface area contributed by atoms with Crippen molar-refractivity contribution in [3.05, 3.63) is 16.6 Å². The molecule has 0 fully saturated rings. The van der Waals surface area contributed by atoms with E-state index in [9.17, 15) is 14.8 Å². The van der Waals surface area contributed by atoms with Gasteiger partial charge in [-0.15, -0.1) is 0 Å². The fourth-order valence-electron chi connectivity index (χ4n) is 1.83. The first-order valence-electron chi connectivity index (χ1n) is 5.26. The number of nitrogens with one attached hydrogen (secondary N) is 1. The second-order valence-electron chi connectivity index (χ2n) is 4.05. The summed E-state index contributed by atoms with van der Waals surface area (Å²) in [6, 6.07) is -0.951. The average Bonchev–Trinajstić information content (AvgIpc) is 2.46. The zero-order valence-corrected chi connectivity index (χ0v) is 9.77. The van der Waals surface area contributed by atoms with Crippen molar-refractivity contribution in [2.24, 2.45) is 0 Å². The standard InChI is InChI=1S/C10H16N2O5/c1-6-7(2)12(17)5-11(6)8(10(15)16)3-4-9(13)14/h8,12H,3-5H2,1-2H3,(H,13,14)(H,15,16).